The molecule has 0 saturated carbocycles. The van der Waals surface area contributed by atoms with Crippen LogP contribution in [-0.2, 0) is 6.18 Å². The maximum atomic E-state index is 12.4. The Morgan fingerprint density at radius 2 is 1.74 bits per heavy atom. The first-order chi connectivity index (χ1) is 8.60. The van der Waals surface area contributed by atoms with Gasteiger partial charge in [0.25, 0.3) is 0 Å². The molecule has 1 unspecified atom stereocenters. The summed E-state index contributed by atoms with van der Waals surface area (Å²) < 4.78 is 73.7. The number of alkyl halides is 6. The standard InChI is InChI=1S/C11H12F6N2/c1-7(10(12,13)14)6-18-19-9-4-2-3-8(5-9)11(15,16)17/h2-5,7,18-19H,6H2,1H3. The van der Waals surface area contributed by atoms with Crippen LogP contribution in [-0.4, -0.2) is 12.7 Å². The molecule has 0 aliphatic rings. The molecular formula is C11H12F6N2. The van der Waals surface area contributed by atoms with E-state index in [0.29, 0.717) is 0 Å². The number of nitrogens with one attached hydrogen (secondary N) is 2. The zero-order valence-electron chi connectivity index (χ0n) is 9.86. The molecule has 1 rings (SSSR count). The third kappa shape index (κ3) is 4.98. The van der Waals surface area contributed by atoms with Crippen molar-refractivity contribution >= 4 is 5.69 Å². The second-order valence-electron chi connectivity index (χ2n) is 4.03. The summed E-state index contributed by atoms with van der Waals surface area (Å²) in [5.74, 6) is -1.61. The van der Waals surface area contributed by atoms with Crippen molar-refractivity contribution in [2.24, 2.45) is 5.92 Å². The Morgan fingerprint density at radius 1 is 1.11 bits per heavy atom. The predicted octanol–water partition coefficient (Wildman–Crippen LogP) is 3.82. The van der Waals surface area contributed by atoms with Crippen LogP contribution in [0, 0.1) is 5.92 Å². The Morgan fingerprint density at radius 3 is 2.26 bits per heavy atom. The molecule has 108 valence electrons. The predicted molar refractivity (Wildman–Crippen MR) is 58.3 cm³/mol. The van der Waals surface area contributed by atoms with Crippen LogP contribution >= 0.6 is 0 Å². The fraction of sp³-hybridized carbons (Fsp3) is 0.455. The highest BCUT2D eigenvalue weighted by Crippen LogP contribution is 2.30. The van der Waals surface area contributed by atoms with E-state index in [1.165, 1.54) is 12.1 Å². The zero-order chi connectivity index (χ0) is 14.7. The van der Waals surface area contributed by atoms with Crippen LogP contribution in [0.15, 0.2) is 24.3 Å². The van der Waals surface area contributed by atoms with E-state index in [2.05, 4.69) is 10.9 Å². The molecule has 2 N–H and O–H groups in total. The fourth-order valence-corrected chi connectivity index (χ4v) is 1.20. The Kier molecular flexibility index (Phi) is 4.67. The average Bonchev–Trinajstić information content (AvgIpc) is 2.27. The van der Waals surface area contributed by atoms with Gasteiger partial charge in [0.15, 0.2) is 0 Å². The summed E-state index contributed by atoms with van der Waals surface area (Å²) in [4.78, 5) is 0. The molecule has 0 amide bonds. The second-order valence-corrected chi connectivity index (χ2v) is 4.03. The largest absolute Gasteiger partial charge is 0.416 e. The van der Waals surface area contributed by atoms with Crippen LogP contribution in [0.5, 0.6) is 0 Å². The van der Waals surface area contributed by atoms with E-state index in [1.807, 2.05) is 0 Å². The van der Waals surface area contributed by atoms with Gasteiger partial charge in [0.1, 0.15) is 0 Å². The van der Waals surface area contributed by atoms with Crippen LogP contribution < -0.4 is 10.9 Å². The summed E-state index contributed by atoms with van der Waals surface area (Å²) in [5.41, 5.74) is 3.73. The monoisotopic (exact) mass is 286 g/mol. The molecule has 0 spiro atoms. The highest BCUT2D eigenvalue weighted by molar-refractivity contribution is 5.45. The Hall–Kier alpha value is -1.44. The van der Waals surface area contributed by atoms with Crippen molar-refractivity contribution in [1.82, 2.24) is 5.43 Å². The SMILES string of the molecule is CC(CNNc1cccc(C(F)(F)F)c1)C(F)(F)F. The third-order valence-corrected chi connectivity index (χ3v) is 2.39. The molecule has 0 saturated heterocycles. The van der Waals surface area contributed by atoms with Gasteiger partial charge in [-0.3, -0.25) is 0 Å². The minimum absolute atomic E-state index is 0.0456. The van der Waals surface area contributed by atoms with Gasteiger partial charge in [-0.1, -0.05) is 13.0 Å². The van der Waals surface area contributed by atoms with Crippen LogP contribution in [0.2, 0.25) is 0 Å². The molecule has 8 heteroatoms. The van der Waals surface area contributed by atoms with Crippen LogP contribution in [0.1, 0.15) is 12.5 Å². The topological polar surface area (TPSA) is 24.1 Å². The van der Waals surface area contributed by atoms with E-state index in [-0.39, 0.29) is 5.69 Å². The first kappa shape index (κ1) is 15.6. The molecule has 0 radical (unpaired) electrons. The van der Waals surface area contributed by atoms with Crippen molar-refractivity contribution in [1.29, 1.82) is 0 Å². The quantitative estimate of drug-likeness (QED) is 0.649. The fourth-order valence-electron chi connectivity index (χ4n) is 1.20. The number of hydrogen-bond acceptors (Lipinski definition) is 2. The van der Waals surface area contributed by atoms with E-state index in [1.54, 1.807) is 0 Å². The first-order valence-corrected chi connectivity index (χ1v) is 5.33. The van der Waals surface area contributed by atoms with Crippen molar-refractivity contribution in [3.63, 3.8) is 0 Å². The van der Waals surface area contributed by atoms with E-state index in [4.69, 9.17) is 0 Å². The lowest BCUT2D eigenvalue weighted by molar-refractivity contribution is -0.167. The summed E-state index contributed by atoms with van der Waals surface area (Å²) >= 11 is 0. The van der Waals surface area contributed by atoms with Gasteiger partial charge in [0, 0.05) is 12.2 Å². The lowest BCUT2D eigenvalue weighted by atomic mass is 10.2. The number of halogens is 6. The average molecular weight is 286 g/mol. The van der Waals surface area contributed by atoms with E-state index >= 15 is 0 Å². The van der Waals surface area contributed by atoms with Crippen molar-refractivity contribution in [3.05, 3.63) is 29.8 Å². The molecule has 2 nitrogen and oxygen atoms in total. The Labute approximate surface area is 105 Å². The maximum absolute atomic E-state index is 12.4. The molecule has 0 aromatic heterocycles. The molecule has 1 atom stereocenters. The summed E-state index contributed by atoms with van der Waals surface area (Å²) in [6, 6.07) is 4.18. The van der Waals surface area contributed by atoms with Crippen molar-refractivity contribution in [2.45, 2.75) is 19.3 Å². The minimum atomic E-state index is -4.49. The van der Waals surface area contributed by atoms with Gasteiger partial charge in [-0.15, -0.1) is 0 Å². The van der Waals surface area contributed by atoms with Gasteiger partial charge in [0.05, 0.1) is 11.5 Å². The molecule has 0 aliphatic heterocycles. The molecule has 0 fully saturated rings. The smallest absolute Gasteiger partial charge is 0.321 e. The summed E-state index contributed by atoms with van der Waals surface area (Å²) in [7, 11) is 0. The van der Waals surface area contributed by atoms with Gasteiger partial charge >= 0.3 is 12.4 Å². The third-order valence-electron chi connectivity index (χ3n) is 2.39. The van der Waals surface area contributed by atoms with Gasteiger partial charge in [-0.05, 0) is 18.2 Å². The molecular weight excluding hydrogens is 274 g/mol. The van der Waals surface area contributed by atoms with E-state index < -0.39 is 30.4 Å². The molecule has 1 aromatic rings. The maximum Gasteiger partial charge on any atom is 0.416 e. The molecule has 0 bridgehead atoms. The molecule has 0 heterocycles. The van der Waals surface area contributed by atoms with Crippen LogP contribution in [0.25, 0.3) is 0 Å². The first-order valence-electron chi connectivity index (χ1n) is 5.33. The minimum Gasteiger partial charge on any atom is -0.321 e. The molecule has 19 heavy (non-hydrogen) atoms. The van der Waals surface area contributed by atoms with Gasteiger partial charge in [-0.2, -0.15) is 26.3 Å². The van der Waals surface area contributed by atoms with Crippen molar-refractivity contribution in [3.8, 4) is 0 Å². The van der Waals surface area contributed by atoms with E-state index in [9.17, 15) is 26.3 Å². The lowest BCUT2D eigenvalue weighted by Gasteiger charge is -2.17. The number of benzene rings is 1. The van der Waals surface area contributed by atoms with Crippen LogP contribution in [0.3, 0.4) is 0 Å². The van der Waals surface area contributed by atoms with E-state index in [0.717, 1.165) is 19.1 Å². The zero-order valence-corrected chi connectivity index (χ0v) is 9.86. The highest BCUT2D eigenvalue weighted by atomic mass is 19.4. The number of hydrogen-bond donors (Lipinski definition) is 2. The lowest BCUT2D eigenvalue weighted by Crippen LogP contribution is -2.34. The van der Waals surface area contributed by atoms with Gasteiger partial charge in [0.2, 0.25) is 0 Å². The van der Waals surface area contributed by atoms with Crippen LogP contribution in [0.4, 0.5) is 32.0 Å². The van der Waals surface area contributed by atoms with Crippen molar-refractivity contribution in [2.75, 3.05) is 12.0 Å². The van der Waals surface area contributed by atoms with Gasteiger partial charge in [-0.25, -0.2) is 5.43 Å². The summed E-state index contributed by atoms with van der Waals surface area (Å²) in [6.07, 6.45) is -8.83. The molecule has 0 aliphatic carbocycles. The highest BCUT2D eigenvalue weighted by Gasteiger charge is 2.35. The second kappa shape index (κ2) is 5.68. The summed E-state index contributed by atoms with van der Waals surface area (Å²) in [5, 5.41) is 0. The van der Waals surface area contributed by atoms with Crippen molar-refractivity contribution < 1.29 is 26.3 Å². The molecule has 1 aromatic carbocycles. The normalized spacial score (nSPS) is 14.3. The Bertz CT molecular complexity index is 412. The number of rotatable bonds is 4. The number of hydrazine groups is 1. The van der Waals surface area contributed by atoms with Gasteiger partial charge < -0.3 is 5.43 Å². The number of anilines is 1. The Balaban J connectivity index is 2.55. The summed E-state index contributed by atoms with van der Waals surface area (Å²) in [6.45, 7) is 0.528.